The Morgan fingerprint density at radius 3 is 2.56 bits per heavy atom. The topological polar surface area (TPSA) is 53.3 Å². The first-order valence-electron chi connectivity index (χ1n) is 5.90. The summed E-state index contributed by atoms with van der Waals surface area (Å²) in [6.45, 7) is 6.95. The molecule has 1 aromatic rings. The number of nitrogens with zero attached hydrogens (tertiary/aromatic N) is 1. The first-order valence-corrected chi connectivity index (χ1v) is 7.10. The Hall–Kier alpha value is -0.850. The largest absolute Gasteiger partial charge is 0.375 e. The van der Waals surface area contributed by atoms with Gasteiger partial charge in [0, 0.05) is 24.1 Å². The van der Waals surface area contributed by atoms with E-state index < -0.39 is 0 Å². The SMILES string of the molecule is CCN(CC)c1ccc(CNNC(N)=S)cc1Br. The molecular formula is C12H19BrN4S. The van der Waals surface area contributed by atoms with Crippen molar-refractivity contribution in [3.63, 3.8) is 0 Å². The van der Waals surface area contributed by atoms with E-state index in [1.54, 1.807) is 0 Å². The first-order chi connectivity index (χ1) is 8.58. The minimum atomic E-state index is 0.244. The third kappa shape index (κ3) is 4.44. The highest BCUT2D eigenvalue weighted by molar-refractivity contribution is 9.10. The number of hydrogen-bond acceptors (Lipinski definition) is 3. The molecule has 100 valence electrons. The van der Waals surface area contributed by atoms with Gasteiger partial charge in [0.2, 0.25) is 0 Å². The van der Waals surface area contributed by atoms with E-state index in [2.05, 4.69) is 63.7 Å². The maximum absolute atomic E-state index is 5.33. The highest BCUT2D eigenvalue weighted by atomic mass is 79.9. The van der Waals surface area contributed by atoms with Gasteiger partial charge in [0.05, 0.1) is 5.69 Å². The molecule has 1 rings (SSSR count). The van der Waals surface area contributed by atoms with Gasteiger partial charge in [-0.3, -0.25) is 5.43 Å². The maximum Gasteiger partial charge on any atom is 0.178 e. The van der Waals surface area contributed by atoms with Crippen molar-refractivity contribution in [2.75, 3.05) is 18.0 Å². The van der Waals surface area contributed by atoms with Crippen LogP contribution in [0.4, 0.5) is 5.69 Å². The molecule has 4 N–H and O–H groups in total. The summed E-state index contributed by atoms with van der Waals surface area (Å²) in [6, 6.07) is 6.31. The summed E-state index contributed by atoms with van der Waals surface area (Å²) in [5.41, 5.74) is 13.4. The lowest BCUT2D eigenvalue weighted by Crippen LogP contribution is -2.40. The van der Waals surface area contributed by atoms with Gasteiger partial charge in [0.1, 0.15) is 0 Å². The number of halogens is 1. The van der Waals surface area contributed by atoms with Gasteiger partial charge >= 0.3 is 0 Å². The minimum Gasteiger partial charge on any atom is -0.375 e. The van der Waals surface area contributed by atoms with Crippen LogP contribution in [0, 0.1) is 0 Å². The molecule has 0 fully saturated rings. The van der Waals surface area contributed by atoms with Crippen LogP contribution in [-0.2, 0) is 6.54 Å². The van der Waals surface area contributed by atoms with Crippen molar-refractivity contribution >= 4 is 38.9 Å². The van der Waals surface area contributed by atoms with Gasteiger partial charge in [0.25, 0.3) is 0 Å². The summed E-state index contributed by atoms with van der Waals surface area (Å²) in [5.74, 6) is 0. The lowest BCUT2D eigenvalue weighted by Gasteiger charge is -2.22. The van der Waals surface area contributed by atoms with Gasteiger partial charge in [-0.1, -0.05) is 6.07 Å². The lowest BCUT2D eigenvalue weighted by molar-refractivity contribution is 0.655. The zero-order valence-electron chi connectivity index (χ0n) is 10.7. The number of thiocarbonyl (C=S) groups is 1. The Bertz CT molecular complexity index is 407. The second kappa shape index (κ2) is 7.56. The highest BCUT2D eigenvalue weighted by Crippen LogP contribution is 2.27. The van der Waals surface area contributed by atoms with Gasteiger partial charge in [0.15, 0.2) is 5.11 Å². The highest BCUT2D eigenvalue weighted by Gasteiger charge is 2.07. The van der Waals surface area contributed by atoms with Crippen LogP contribution in [-0.4, -0.2) is 18.2 Å². The summed E-state index contributed by atoms with van der Waals surface area (Å²) in [4.78, 5) is 2.30. The van der Waals surface area contributed by atoms with Crippen molar-refractivity contribution in [1.82, 2.24) is 10.9 Å². The van der Waals surface area contributed by atoms with Crippen molar-refractivity contribution in [2.24, 2.45) is 5.73 Å². The maximum atomic E-state index is 5.33. The molecule has 0 radical (unpaired) electrons. The smallest absolute Gasteiger partial charge is 0.178 e. The number of rotatable bonds is 6. The Morgan fingerprint density at radius 2 is 2.06 bits per heavy atom. The molecule has 18 heavy (non-hydrogen) atoms. The molecule has 1 aromatic carbocycles. The molecule has 0 aromatic heterocycles. The molecule has 0 amide bonds. The average molecular weight is 331 g/mol. The fraction of sp³-hybridized carbons (Fsp3) is 0.417. The summed E-state index contributed by atoms with van der Waals surface area (Å²) in [7, 11) is 0. The molecule has 0 heterocycles. The van der Waals surface area contributed by atoms with Gasteiger partial charge < -0.3 is 10.6 Å². The number of nitrogens with one attached hydrogen (secondary N) is 2. The van der Waals surface area contributed by atoms with Crippen LogP contribution >= 0.6 is 28.1 Å². The van der Waals surface area contributed by atoms with Crippen molar-refractivity contribution in [3.05, 3.63) is 28.2 Å². The van der Waals surface area contributed by atoms with E-state index in [1.165, 1.54) is 5.69 Å². The molecule has 6 heteroatoms. The minimum absolute atomic E-state index is 0.244. The number of hydrazine groups is 1. The molecule has 0 atom stereocenters. The van der Waals surface area contributed by atoms with E-state index >= 15 is 0 Å². The van der Waals surface area contributed by atoms with Crippen LogP contribution in [0.25, 0.3) is 0 Å². The molecule has 0 aliphatic carbocycles. The predicted octanol–water partition coefficient (Wildman–Crippen LogP) is 2.13. The summed E-state index contributed by atoms with van der Waals surface area (Å²) in [5, 5.41) is 0.244. The van der Waals surface area contributed by atoms with Crippen LogP contribution < -0.4 is 21.5 Å². The van der Waals surface area contributed by atoms with E-state index in [4.69, 9.17) is 18.0 Å². The van der Waals surface area contributed by atoms with E-state index in [0.717, 1.165) is 23.1 Å². The van der Waals surface area contributed by atoms with Gasteiger partial charge in [-0.05, 0) is 59.7 Å². The van der Waals surface area contributed by atoms with Crippen LogP contribution in [0.5, 0.6) is 0 Å². The Balaban J connectivity index is 2.69. The average Bonchev–Trinajstić information content (AvgIpc) is 2.32. The molecule has 0 saturated carbocycles. The summed E-state index contributed by atoms with van der Waals surface area (Å²) < 4.78 is 1.10. The standard InChI is InChI=1S/C12H19BrN4S/c1-3-17(4-2)11-6-5-9(7-10(11)13)8-15-16-12(14)18/h5-7,15H,3-4,8H2,1-2H3,(H3,14,16,18). The monoisotopic (exact) mass is 330 g/mol. The van der Waals surface area contributed by atoms with Crippen molar-refractivity contribution in [2.45, 2.75) is 20.4 Å². The fourth-order valence-corrected chi connectivity index (χ4v) is 2.46. The van der Waals surface area contributed by atoms with E-state index in [9.17, 15) is 0 Å². The number of anilines is 1. The molecule has 4 nitrogen and oxygen atoms in total. The van der Waals surface area contributed by atoms with Crippen LogP contribution in [0.1, 0.15) is 19.4 Å². The molecule has 0 bridgehead atoms. The predicted molar refractivity (Wildman–Crippen MR) is 84.5 cm³/mol. The normalized spacial score (nSPS) is 10.2. The quantitative estimate of drug-likeness (QED) is 0.551. The number of nitrogens with two attached hydrogens (primary N) is 1. The van der Waals surface area contributed by atoms with Gasteiger partial charge in [-0.2, -0.15) is 0 Å². The second-order valence-corrected chi connectivity index (χ2v) is 5.10. The Kier molecular flexibility index (Phi) is 6.38. The first kappa shape index (κ1) is 15.2. The van der Waals surface area contributed by atoms with E-state index in [0.29, 0.717) is 6.54 Å². The summed E-state index contributed by atoms with van der Waals surface area (Å²) >= 11 is 8.32. The third-order valence-electron chi connectivity index (χ3n) is 2.62. The van der Waals surface area contributed by atoms with E-state index in [-0.39, 0.29) is 5.11 Å². The van der Waals surface area contributed by atoms with Crippen LogP contribution in [0.15, 0.2) is 22.7 Å². The molecule has 0 aliphatic heterocycles. The third-order valence-corrected chi connectivity index (χ3v) is 3.36. The zero-order chi connectivity index (χ0) is 13.5. The molecule has 0 aliphatic rings. The van der Waals surface area contributed by atoms with Crippen molar-refractivity contribution in [1.29, 1.82) is 0 Å². The Labute approximate surface area is 122 Å². The lowest BCUT2D eigenvalue weighted by atomic mass is 10.2. The van der Waals surface area contributed by atoms with Gasteiger partial charge in [-0.15, -0.1) is 0 Å². The molecule has 0 spiro atoms. The number of hydrogen-bond donors (Lipinski definition) is 3. The van der Waals surface area contributed by atoms with Crippen molar-refractivity contribution < 1.29 is 0 Å². The second-order valence-electron chi connectivity index (χ2n) is 3.80. The van der Waals surface area contributed by atoms with Gasteiger partial charge in [-0.25, -0.2) is 5.43 Å². The molecule has 0 saturated heterocycles. The zero-order valence-corrected chi connectivity index (χ0v) is 13.1. The molecule has 0 unspecified atom stereocenters. The number of benzene rings is 1. The van der Waals surface area contributed by atoms with E-state index in [1.807, 2.05) is 0 Å². The van der Waals surface area contributed by atoms with Crippen molar-refractivity contribution in [3.8, 4) is 0 Å². The van der Waals surface area contributed by atoms with Crippen LogP contribution in [0.2, 0.25) is 0 Å². The molecular weight excluding hydrogens is 312 g/mol. The van der Waals surface area contributed by atoms with Crippen LogP contribution in [0.3, 0.4) is 0 Å². The summed E-state index contributed by atoms with van der Waals surface area (Å²) in [6.07, 6.45) is 0. The Morgan fingerprint density at radius 1 is 1.39 bits per heavy atom. The fourth-order valence-electron chi connectivity index (χ4n) is 1.71.